The van der Waals surface area contributed by atoms with Crippen LogP contribution in [0.15, 0.2) is 35.4 Å². The van der Waals surface area contributed by atoms with Crippen molar-refractivity contribution in [2.45, 2.75) is 6.92 Å². The standard InChI is InChI=1S/C16H15Cl2N3O4/c1-3-25-16-6-10(14(21(22)23)8-15(16)24-2)9-19-20-11-4-5-12(17)13(18)7-11/h4-9,20H,3H2,1-2H3. The predicted molar refractivity (Wildman–Crippen MR) is 98.5 cm³/mol. The largest absolute Gasteiger partial charge is 0.493 e. The summed E-state index contributed by atoms with van der Waals surface area (Å²) in [5, 5.41) is 16.1. The Bertz CT molecular complexity index is 812. The monoisotopic (exact) mass is 383 g/mol. The molecule has 0 heterocycles. The van der Waals surface area contributed by atoms with Gasteiger partial charge < -0.3 is 9.47 Å². The molecular weight excluding hydrogens is 369 g/mol. The van der Waals surface area contributed by atoms with Crippen LogP contribution >= 0.6 is 23.2 Å². The molecule has 0 radical (unpaired) electrons. The van der Waals surface area contributed by atoms with Gasteiger partial charge in [0.05, 0.1) is 52.2 Å². The number of nitrogens with zero attached hydrogens (tertiary/aromatic N) is 2. The van der Waals surface area contributed by atoms with Crippen molar-refractivity contribution in [2.24, 2.45) is 5.10 Å². The minimum Gasteiger partial charge on any atom is -0.493 e. The van der Waals surface area contributed by atoms with Gasteiger partial charge in [-0.2, -0.15) is 5.10 Å². The number of nitro groups is 1. The van der Waals surface area contributed by atoms with Crippen molar-refractivity contribution in [2.75, 3.05) is 19.1 Å². The lowest BCUT2D eigenvalue weighted by Crippen LogP contribution is -2.01. The second-order valence-electron chi connectivity index (χ2n) is 4.75. The molecule has 2 aromatic carbocycles. The Morgan fingerprint density at radius 3 is 2.60 bits per heavy atom. The summed E-state index contributed by atoms with van der Waals surface area (Å²) in [6.45, 7) is 2.20. The van der Waals surface area contributed by atoms with Crippen molar-refractivity contribution in [1.82, 2.24) is 0 Å². The summed E-state index contributed by atoms with van der Waals surface area (Å²) in [4.78, 5) is 10.8. The zero-order valence-electron chi connectivity index (χ0n) is 13.5. The smallest absolute Gasteiger partial charge is 0.282 e. The molecule has 1 N–H and O–H groups in total. The lowest BCUT2D eigenvalue weighted by Gasteiger charge is -2.10. The average molecular weight is 384 g/mol. The highest BCUT2D eigenvalue weighted by Gasteiger charge is 2.18. The van der Waals surface area contributed by atoms with Crippen LogP contribution in [0.4, 0.5) is 11.4 Å². The van der Waals surface area contributed by atoms with Crippen LogP contribution < -0.4 is 14.9 Å². The van der Waals surface area contributed by atoms with Crippen LogP contribution in [-0.4, -0.2) is 24.9 Å². The number of rotatable bonds is 7. The number of hydrogen-bond acceptors (Lipinski definition) is 6. The minimum atomic E-state index is -0.515. The number of halogens is 2. The van der Waals surface area contributed by atoms with E-state index in [-0.39, 0.29) is 17.0 Å². The average Bonchev–Trinajstić information content (AvgIpc) is 2.58. The molecule has 0 bridgehead atoms. The fourth-order valence-electron chi connectivity index (χ4n) is 2.00. The van der Waals surface area contributed by atoms with Gasteiger partial charge in [0.25, 0.3) is 5.69 Å². The van der Waals surface area contributed by atoms with Gasteiger partial charge in [-0.3, -0.25) is 15.5 Å². The summed E-state index contributed by atoms with van der Waals surface area (Å²) in [7, 11) is 1.42. The summed E-state index contributed by atoms with van der Waals surface area (Å²) in [6.07, 6.45) is 1.32. The number of methoxy groups -OCH3 is 1. The quantitative estimate of drug-likeness (QED) is 0.423. The third-order valence-corrected chi connectivity index (χ3v) is 3.87. The van der Waals surface area contributed by atoms with E-state index in [1.807, 2.05) is 0 Å². The molecule has 2 rings (SSSR count). The van der Waals surface area contributed by atoms with Gasteiger partial charge in [-0.15, -0.1) is 0 Å². The summed E-state index contributed by atoms with van der Waals surface area (Å²) >= 11 is 11.8. The first-order chi connectivity index (χ1) is 12.0. The van der Waals surface area contributed by atoms with Crippen molar-refractivity contribution < 1.29 is 14.4 Å². The van der Waals surface area contributed by atoms with Crippen molar-refractivity contribution in [3.05, 3.63) is 56.1 Å². The molecule has 0 fully saturated rings. The lowest BCUT2D eigenvalue weighted by molar-refractivity contribution is -0.385. The molecule has 9 heteroatoms. The van der Waals surface area contributed by atoms with Crippen LogP contribution in [0.2, 0.25) is 10.0 Å². The Kier molecular flexibility index (Phi) is 6.44. The predicted octanol–water partition coefficient (Wildman–Crippen LogP) is 4.75. The number of ether oxygens (including phenoxy) is 2. The van der Waals surface area contributed by atoms with Crippen LogP contribution in [0.3, 0.4) is 0 Å². The molecule has 0 aromatic heterocycles. The maximum absolute atomic E-state index is 11.3. The second kappa shape index (κ2) is 8.55. The number of nitrogens with one attached hydrogen (secondary N) is 1. The Balaban J connectivity index is 2.30. The highest BCUT2D eigenvalue weighted by molar-refractivity contribution is 6.42. The first-order valence-corrected chi connectivity index (χ1v) is 7.95. The Labute approximate surface area is 154 Å². The van der Waals surface area contributed by atoms with E-state index in [0.717, 1.165) is 0 Å². The molecule has 0 atom stereocenters. The van der Waals surface area contributed by atoms with Gasteiger partial charge in [0.1, 0.15) is 0 Å². The Morgan fingerprint density at radius 1 is 1.24 bits per heavy atom. The zero-order valence-corrected chi connectivity index (χ0v) is 15.0. The van der Waals surface area contributed by atoms with Crippen LogP contribution in [-0.2, 0) is 0 Å². The topological polar surface area (TPSA) is 86.0 Å². The third kappa shape index (κ3) is 4.74. The molecule has 132 valence electrons. The van der Waals surface area contributed by atoms with Gasteiger partial charge in [-0.25, -0.2) is 0 Å². The molecule has 0 aliphatic carbocycles. The van der Waals surface area contributed by atoms with E-state index < -0.39 is 4.92 Å². The van der Waals surface area contributed by atoms with Crippen LogP contribution in [0.1, 0.15) is 12.5 Å². The molecular formula is C16H15Cl2N3O4. The van der Waals surface area contributed by atoms with E-state index in [0.29, 0.717) is 28.1 Å². The summed E-state index contributed by atoms with van der Waals surface area (Å²) in [6, 6.07) is 7.69. The highest BCUT2D eigenvalue weighted by atomic mass is 35.5. The third-order valence-electron chi connectivity index (χ3n) is 3.13. The lowest BCUT2D eigenvalue weighted by atomic mass is 10.1. The van der Waals surface area contributed by atoms with Gasteiger partial charge in [0.2, 0.25) is 0 Å². The summed E-state index contributed by atoms with van der Waals surface area (Å²) in [5.74, 6) is 0.676. The number of hydrogen-bond donors (Lipinski definition) is 1. The molecule has 0 aliphatic rings. The normalized spacial score (nSPS) is 10.7. The van der Waals surface area contributed by atoms with E-state index in [1.165, 1.54) is 25.5 Å². The molecule has 0 saturated carbocycles. The molecule has 7 nitrogen and oxygen atoms in total. The SMILES string of the molecule is CCOc1cc(C=NNc2ccc(Cl)c(Cl)c2)c([N+](=O)[O-])cc1OC. The van der Waals surface area contributed by atoms with Crippen LogP contribution in [0, 0.1) is 10.1 Å². The minimum absolute atomic E-state index is 0.153. The number of benzene rings is 2. The highest BCUT2D eigenvalue weighted by Crippen LogP contribution is 2.34. The van der Waals surface area contributed by atoms with E-state index >= 15 is 0 Å². The van der Waals surface area contributed by atoms with E-state index in [9.17, 15) is 10.1 Å². The van der Waals surface area contributed by atoms with Gasteiger partial charge in [0.15, 0.2) is 11.5 Å². The van der Waals surface area contributed by atoms with E-state index in [2.05, 4.69) is 10.5 Å². The van der Waals surface area contributed by atoms with Crippen molar-refractivity contribution in [3.8, 4) is 11.5 Å². The van der Waals surface area contributed by atoms with Crippen LogP contribution in [0.25, 0.3) is 0 Å². The molecule has 0 aliphatic heterocycles. The van der Waals surface area contributed by atoms with Crippen LogP contribution in [0.5, 0.6) is 11.5 Å². The first kappa shape index (κ1) is 18.8. The number of nitro benzene ring substituents is 1. The van der Waals surface area contributed by atoms with E-state index in [4.69, 9.17) is 32.7 Å². The molecule has 0 spiro atoms. The van der Waals surface area contributed by atoms with Crippen molar-refractivity contribution in [3.63, 3.8) is 0 Å². The molecule has 0 saturated heterocycles. The summed E-state index contributed by atoms with van der Waals surface area (Å²) in [5.41, 5.74) is 3.44. The number of hydrazone groups is 1. The van der Waals surface area contributed by atoms with Gasteiger partial charge in [-0.05, 0) is 31.2 Å². The van der Waals surface area contributed by atoms with Gasteiger partial charge in [-0.1, -0.05) is 23.2 Å². The number of anilines is 1. The molecule has 0 unspecified atom stereocenters. The Morgan fingerprint density at radius 2 is 2.00 bits per heavy atom. The maximum atomic E-state index is 11.3. The fourth-order valence-corrected chi connectivity index (χ4v) is 2.29. The van der Waals surface area contributed by atoms with E-state index in [1.54, 1.807) is 25.1 Å². The Hall–Kier alpha value is -2.51. The van der Waals surface area contributed by atoms with Gasteiger partial charge >= 0.3 is 0 Å². The van der Waals surface area contributed by atoms with Crippen molar-refractivity contribution in [1.29, 1.82) is 0 Å². The fraction of sp³-hybridized carbons (Fsp3) is 0.188. The molecule has 2 aromatic rings. The molecule has 0 amide bonds. The second-order valence-corrected chi connectivity index (χ2v) is 5.57. The maximum Gasteiger partial charge on any atom is 0.282 e. The van der Waals surface area contributed by atoms with Gasteiger partial charge in [0, 0.05) is 0 Å². The van der Waals surface area contributed by atoms with Crippen molar-refractivity contribution >= 4 is 40.8 Å². The molecule has 25 heavy (non-hydrogen) atoms. The summed E-state index contributed by atoms with van der Waals surface area (Å²) < 4.78 is 10.6. The first-order valence-electron chi connectivity index (χ1n) is 7.19. The zero-order chi connectivity index (χ0) is 18.4.